The van der Waals surface area contributed by atoms with Crippen molar-refractivity contribution in [2.75, 3.05) is 20.3 Å². The monoisotopic (exact) mass is 359 g/mol. The van der Waals surface area contributed by atoms with Gasteiger partial charge >= 0.3 is 5.97 Å². The molecule has 0 spiro atoms. The van der Waals surface area contributed by atoms with E-state index in [0.717, 1.165) is 16.7 Å². The number of hydrogen-bond acceptors (Lipinski definition) is 4. The fraction of sp³-hybridized carbons (Fsp3) is 0.263. The van der Waals surface area contributed by atoms with E-state index >= 15 is 0 Å². The molecule has 3 rings (SSSR count). The number of carbonyl (C=O) groups excluding carboxylic acids is 2. The number of hydrogen-bond donors (Lipinski definition) is 0. The minimum Gasteiger partial charge on any atom is -0.497 e. The lowest BCUT2D eigenvalue weighted by Crippen LogP contribution is -2.31. The molecule has 25 heavy (non-hydrogen) atoms. The highest BCUT2D eigenvalue weighted by Crippen LogP contribution is 2.37. The van der Waals surface area contributed by atoms with E-state index in [0.29, 0.717) is 29.5 Å². The van der Waals surface area contributed by atoms with Crippen molar-refractivity contribution in [2.45, 2.75) is 13.5 Å². The molecule has 2 aromatic rings. The summed E-state index contributed by atoms with van der Waals surface area (Å²) in [5.74, 6) is 0.0866. The van der Waals surface area contributed by atoms with Gasteiger partial charge < -0.3 is 14.4 Å². The Hall–Kier alpha value is -2.53. The first-order chi connectivity index (χ1) is 12.0. The van der Waals surface area contributed by atoms with Gasteiger partial charge in [-0.15, -0.1) is 0 Å². The van der Waals surface area contributed by atoms with Gasteiger partial charge in [-0.2, -0.15) is 0 Å². The molecule has 0 N–H and O–H groups in total. The number of rotatable bonds is 5. The maximum absolute atomic E-state index is 12.6. The number of esters is 1. The lowest BCUT2D eigenvalue weighted by molar-refractivity contribution is -0.143. The molecule has 0 bridgehead atoms. The van der Waals surface area contributed by atoms with Gasteiger partial charge in [-0.3, -0.25) is 9.59 Å². The number of nitrogens with zero attached hydrogens (tertiary/aromatic N) is 1. The minimum absolute atomic E-state index is 0.0584. The highest BCUT2D eigenvalue weighted by molar-refractivity contribution is 6.33. The maximum atomic E-state index is 12.6. The van der Waals surface area contributed by atoms with Crippen molar-refractivity contribution < 1.29 is 19.1 Å². The molecule has 0 atom stereocenters. The number of halogens is 1. The molecule has 1 aliphatic heterocycles. The smallest absolute Gasteiger partial charge is 0.325 e. The zero-order valence-corrected chi connectivity index (χ0v) is 14.8. The summed E-state index contributed by atoms with van der Waals surface area (Å²) in [5, 5.41) is 0.545. The molecular formula is C19H18ClNO4. The van der Waals surface area contributed by atoms with Gasteiger partial charge in [0, 0.05) is 17.7 Å². The fourth-order valence-electron chi connectivity index (χ4n) is 2.97. The second-order valence-corrected chi connectivity index (χ2v) is 6.05. The Balaban J connectivity index is 1.95. The van der Waals surface area contributed by atoms with Crippen LogP contribution in [0, 0.1) is 0 Å². The van der Waals surface area contributed by atoms with Gasteiger partial charge in [0.25, 0.3) is 5.91 Å². The van der Waals surface area contributed by atoms with Gasteiger partial charge in [-0.25, -0.2) is 0 Å². The van der Waals surface area contributed by atoms with Gasteiger partial charge in [0.2, 0.25) is 0 Å². The standard InChI is InChI=1S/C19H18ClNO4/c1-3-25-18(22)11-21-10-16-13(5-4-6-15(16)19(21)23)14-8-7-12(24-2)9-17(14)20/h4-9H,3,10-11H2,1-2H3. The molecule has 6 heteroatoms. The van der Waals surface area contributed by atoms with Crippen LogP contribution in [0.25, 0.3) is 11.1 Å². The Morgan fingerprint density at radius 3 is 2.64 bits per heavy atom. The van der Waals surface area contributed by atoms with Gasteiger partial charge in [-0.1, -0.05) is 23.7 Å². The van der Waals surface area contributed by atoms with Crippen LogP contribution < -0.4 is 4.74 Å². The molecule has 0 radical (unpaired) electrons. The summed E-state index contributed by atoms with van der Waals surface area (Å²) in [6.45, 7) is 2.32. The maximum Gasteiger partial charge on any atom is 0.325 e. The van der Waals surface area contributed by atoms with Crippen molar-refractivity contribution in [3.63, 3.8) is 0 Å². The summed E-state index contributed by atoms with van der Waals surface area (Å²) in [6, 6.07) is 10.9. The molecule has 130 valence electrons. The predicted molar refractivity (Wildman–Crippen MR) is 94.8 cm³/mol. The first kappa shape index (κ1) is 17.3. The van der Waals surface area contributed by atoms with Crippen LogP contribution in [0.4, 0.5) is 0 Å². The normalized spacial score (nSPS) is 12.9. The third-order valence-electron chi connectivity index (χ3n) is 4.13. The summed E-state index contributed by atoms with van der Waals surface area (Å²) in [5.41, 5.74) is 3.16. The third-order valence-corrected chi connectivity index (χ3v) is 4.45. The molecule has 0 fully saturated rings. The fourth-order valence-corrected chi connectivity index (χ4v) is 3.25. The van der Waals surface area contributed by atoms with Crippen LogP contribution in [-0.4, -0.2) is 37.0 Å². The van der Waals surface area contributed by atoms with E-state index in [9.17, 15) is 9.59 Å². The predicted octanol–water partition coefficient (Wildman–Crippen LogP) is 3.53. The summed E-state index contributed by atoms with van der Waals surface area (Å²) in [6.07, 6.45) is 0. The molecule has 0 unspecified atom stereocenters. The highest BCUT2D eigenvalue weighted by Gasteiger charge is 2.31. The average Bonchev–Trinajstić information content (AvgIpc) is 2.91. The van der Waals surface area contributed by atoms with Gasteiger partial charge in [0.05, 0.1) is 18.7 Å². The molecule has 2 aromatic carbocycles. The Morgan fingerprint density at radius 2 is 1.96 bits per heavy atom. The average molecular weight is 360 g/mol. The van der Waals surface area contributed by atoms with E-state index < -0.39 is 5.97 Å². The third kappa shape index (κ3) is 3.33. The van der Waals surface area contributed by atoms with Crippen molar-refractivity contribution in [1.29, 1.82) is 0 Å². The number of fused-ring (bicyclic) bond motifs is 1. The molecule has 0 saturated carbocycles. The minimum atomic E-state index is -0.410. The largest absolute Gasteiger partial charge is 0.497 e. The SMILES string of the molecule is CCOC(=O)CN1Cc2c(cccc2-c2ccc(OC)cc2Cl)C1=O. The molecule has 1 amide bonds. The molecule has 0 saturated heterocycles. The Bertz CT molecular complexity index is 834. The summed E-state index contributed by atoms with van der Waals surface area (Å²) in [4.78, 5) is 25.8. The van der Waals surface area contributed by atoms with Crippen LogP contribution >= 0.6 is 11.6 Å². The molecule has 0 aliphatic carbocycles. The Kier molecular flexibility index (Phi) is 4.95. The first-order valence-corrected chi connectivity index (χ1v) is 8.33. The molecular weight excluding hydrogens is 342 g/mol. The number of benzene rings is 2. The van der Waals surface area contributed by atoms with Gasteiger partial charge in [0.15, 0.2) is 0 Å². The van der Waals surface area contributed by atoms with Crippen molar-refractivity contribution in [2.24, 2.45) is 0 Å². The van der Waals surface area contributed by atoms with E-state index in [1.807, 2.05) is 24.3 Å². The summed E-state index contributed by atoms with van der Waals surface area (Å²) < 4.78 is 10.1. The number of methoxy groups -OCH3 is 1. The van der Waals surface area contributed by atoms with Crippen molar-refractivity contribution in [3.8, 4) is 16.9 Å². The summed E-state index contributed by atoms with van der Waals surface area (Å²) in [7, 11) is 1.58. The molecule has 5 nitrogen and oxygen atoms in total. The van der Waals surface area contributed by atoms with Crippen LogP contribution in [0.3, 0.4) is 0 Å². The quantitative estimate of drug-likeness (QED) is 0.766. The lowest BCUT2D eigenvalue weighted by Gasteiger charge is -2.14. The zero-order chi connectivity index (χ0) is 18.0. The number of carbonyl (C=O) groups is 2. The van der Waals surface area contributed by atoms with Gasteiger partial charge in [-0.05, 0) is 42.3 Å². The van der Waals surface area contributed by atoms with E-state index in [4.69, 9.17) is 21.1 Å². The van der Waals surface area contributed by atoms with E-state index in [1.165, 1.54) is 4.90 Å². The highest BCUT2D eigenvalue weighted by atomic mass is 35.5. The van der Waals surface area contributed by atoms with Crippen LogP contribution in [0.1, 0.15) is 22.8 Å². The van der Waals surface area contributed by atoms with E-state index in [2.05, 4.69) is 0 Å². The van der Waals surface area contributed by atoms with Crippen LogP contribution in [-0.2, 0) is 16.1 Å². The second-order valence-electron chi connectivity index (χ2n) is 5.64. The number of ether oxygens (including phenoxy) is 2. The second kappa shape index (κ2) is 7.15. The molecule has 0 aromatic heterocycles. The molecule has 1 aliphatic rings. The van der Waals surface area contributed by atoms with E-state index in [-0.39, 0.29) is 12.5 Å². The van der Waals surface area contributed by atoms with E-state index in [1.54, 1.807) is 26.2 Å². The van der Waals surface area contributed by atoms with Crippen LogP contribution in [0.15, 0.2) is 36.4 Å². The van der Waals surface area contributed by atoms with Crippen LogP contribution in [0.2, 0.25) is 5.02 Å². The topological polar surface area (TPSA) is 55.8 Å². The Morgan fingerprint density at radius 1 is 1.20 bits per heavy atom. The lowest BCUT2D eigenvalue weighted by atomic mass is 9.97. The molecule has 1 heterocycles. The number of amides is 1. The van der Waals surface area contributed by atoms with Crippen molar-refractivity contribution in [3.05, 3.63) is 52.5 Å². The van der Waals surface area contributed by atoms with Crippen molar-refractivity contribution in [1.82, 2.24) is 4.90 Å². The van der Waals surface area contributed by atoms with Gasteiger partial charge in [0.1, 0.15) is 12.3 Å². The first-order valence-electron chi connectivity index (χ1n) is 7.95. The zero-order valence-electron chi connectivity index (χ0n) is 14.0. The van der Waals surface area contributed by atoms with Crippen LogP contribution in [0.5, 0.6) is 5.75 Å². The summed E-state index contributed by atoms with van der Waals surface area (Å²) >= 11 is 6.39. The Labute approximate surface area is 151 Å². The van der Waals surface area contributed by atoms with Crippen molar-refractivity contribution >= 4 is 23.5 Å².